The molecule has 0 radical (unpaired) electrons. The van der Waals surface area contributed by atoms with Crippen molar-refractivity contribution in [2.24, 2.45) is 5.92 Å². The van der Waals surface area contributed by atoms with Gasteiger partial charge in [-0.1, -0.05) is 26.0 Å². The van der Waals surface area contributed by atoms with Gasteiger partial charge in [0.15, 0.2) is 0 Å². The minimum Gasteiger partial charge on any atom is -0.461 e. The van der Waals surface area contributed by atoms with E-state index in [9.17, 15) is 4.79 Å². The summed E-state index contributed by atoms with van der Waals surface area (Å²) in [5.74, 6) is 0.667. The number of aromatic nitrogens is 2. The van der Waals surface area contributed by atoms with Crippen LogP contribution < -0.4 is 5.32 Å². The molecule has 0 fully saturated rings. The molecule has 7 heteroatoms. The number of nitrogens with zero attached hydrogens (tertiary/aromatic N) is 2. The molecule has 5 nitrogen and oxygen atoms in total. The Hall–Kier alpha value is -1.99. The number of carbonyl (C=O) groups is 1. The van der Waals surface area contributed by atoms with E-state index in [1.165, 1.54) is 17.7 Å². The average Bonchev–Trinajstić information content (AvgIpc) is 2.93. The van der Waals surface area contributed by atoms with Crippen LogP contribution in [-0.2, 0) is 4.74 Å². The summed E-state index contributed by atoms with van der Waals surface area (Å²) < 4.78 is 6.31. The van der Waals surface area contributed by atoms with Crippen LogP contribution in [-0.4, -0.2) is 22.5 Å². The second-order valence-corrected chi connectivity index (χ2v) is 7.91. The van der Waals surface area contributed by atoms with Crippen molar-refractivity contribution in [3.8, 4) is 0 Å². The molecule has 130 valence electrons. The third-order valence-corrected chi connectivity index (χ3v) is 5.46. The molecule has 0 aliphatic heterocycles. The van der Waals surface area contributed by atoms with Crippen LogP contribution in [0.5, 0.6) is 0 Å². The Balaban J connectivity index is 1.98. The fourth-order valence-electron chi connectivity index (χ4n) is 2.36. The quantitative estimate of drug-likeness (QED) is 0.566. The third kappa shape index (κ3) is 3.82. The maximum atomic E-state index is 12.4. The lowest BCUT2D eigenvalue weighted by Crippen LogP contribution is -2.09. The number of rotatable bonds is 5. The van der Waals surface area contributed by atoms with Gasteiger partial charge in [0.1, 0.15) is 21.9 Å². The van der Waals surface area contributed by atoms with Crippen molar-refractivity contribution < 1.29 is 9.53 Å². The highest BCUT2D eigenvalue weighted by Gasteiger charge is 2.21. The van der Waals surface area contributed by atoms with Crippen LogP contribution in [0.3, 0.4) is 0 Å². The number of fused-ring (bicyclic) bond motifs is 1. The summed E-state index contributed by atoms with van der Waals surface area (Å²) in [6.07, 6.45) is 1.50. The number of nitrogens with one attached hydrogen (secondary N) is 1. The van der Waals surface area contributed by atoms with Crippen molar-refractivity contribution in [2.75, 3.05) is 11.9 Å². The average molecular weight is 420 g/mol. The zero-order valence-corrected chi connectivity index (χ0v) is 16.6. The van der Waals surface area contributed by atoms with Crippen molar-refractivity contribution in [2.45, 2.75) is 20.8 Å². The number of hydrogen-bond donors (Lipinski definition) is 1. The van der Waals surface area contributed by atoms with Gasteiger partial charge in [-0.25, -0.2) is 14.8 Å². The lowest BCUT2D eigenvalue weighted by atomic mass is 10.2. The Bertz CT molecular complexity index is 924. The highest BCUT2D eigenvalue weighted by molar-refractivity contribution is 9.10. The van der Waals surface area contributed by atoms with Gasteiger partial charge < -0.3 is 10.1 Å². The van der Waals surface area contributed by atoms with Crippen LogP contribution in [0.1, 0.15) is 29.1 Å². The molecule has 3 aromatic rings. The van der Waals surface area contributed by atoms with Gasteiger partial charge in [-0.15, -0.1) is 11.3 Å². The molecule has 0 aliphatic rings. The van der Waals surface area contributed by atoms with Crippen molar-refractivity contribution in [1.82, 2.24) is 9.97 Å². The molecule has 25 heavy (non-hydrogen) atoms. The van der Waals surface area contributed by atoms with E-state index >= 15 is 0 Å². The molecule has 1 aromatic carbocycles. The predicted octanol–water partition coefficient (Wildman–Crippen LogP) is 5.32. The van der Waals surface area contributed by atoms with Gasteiger partial charge in [0.2, 0.25) is 0 Å². The monoisotopic (exact) mass is 419 g/mol. The molecule has 0 amide bonds. The Morgan fingerprint density at radius 2 is 2.08 bits per heavy atom. The van der Waals surface area contributed by atoms with Gasteiger partial charge in [0.25, 0.3) is 0 Å². The first-order chi connectivity index (χ1) is 12.0. The normalized spacial score (nSPS) is 11.1. The predicted molar refractivity (Wildman–Crippen MR) is 105 cm³/mol. The van der Waals surface area contributed by atoms with E-state index < -0.39 is 0 Å². The molecular formula is C18H18BrN3O2S. The zero-order valence-electron chi connectivity index (χ0n) is 14.2. The summed E-state index contributed by atoms with van der Waals surface area (Å²) in [7, 11) is 0. The van der Waals surface area contributed by atoms with Crippen molar-refractivity contribution in [1.29, 1.82) is 0 Å². The van der Waals surface area contributed by atoms with E-state index in [4.69, 9.17) is 4.74 Å². The van der Waals surface area contributed by atoms with Crippen LogP contribution in [0.4, 0.5) is 11.5 Å². The smallest absolute Gasteiger partial charge is 0.348 e. The summed E-state index contributed by atoms with van der Waals surface area (Å²) in [5.41, 5.74) is 1.74. The summed E-state index contributed by atoms with van der Waals surface area (Å²) in [6, 6.07) is 7.80. The fraction of sp³-hybridized carbons (Fsp3) is 0.278. The van der Waals surface area contributed by atoms with Crippen molar-refractivity contribution in [3.05, 3.63) is 45.5 Å². The highest BCUT2D eigenvalue weighted by Crippen LogP contribution is 2.35. The molecular weight excluding hydrogens is 402 g/mol. The largest absolute Gasteiger partial charge is 0.461 e. The Kier molecular flexibility index (Phi) is 5.34. The van der Waals surface area contributed by atoms with E-state index in [0.717, 1.165) is 25.9 Å². The molecule has 0 unspecified atom stereocenters. The zero-order chi connectivity index (χ0) is 18.0. The molecule has 0 bridgehead atoms. The van der Waals surface area contributed by atoms with E-state index in [1.54, 1.807) is 0 Å². The Morgan fingerprint density at radius 3 is 2.80 bits per heavy atom. The molecule has 0 saturated carbocycles. The number of aryl methyl sites for hydroxylation is 1. The van der Waals surface area contributed by atoms with Crippen LogP contribution in [0.15, 0.2) is 35.1 Å². The molecule has 2 heterocycles. The van der Waals surface area contributed by atoms with Crippen molar-refractivity contribution in [3.63, 3.8) is 0 Å². The van der Waals surface area contributed by atoms with Gasteiger partial charge in [-0.05, 0) is 46.5 Å². The van der Waals surface area contributed by atoms with Crippen molar-refractivity contribution >= 4 is 55.0 Å². The second kappa shape index (κ2) is 7.49. The SMILES string of the molecule is Cc1c(C(=O)OCC(C)C)sc2ncnc(Nc3ccccc3Br)c12. The van der Waals surface area contributed by atoms with E-state index in [-0.39, 0.29) is 5.97 Å². The number of hydrogen-bond acceptors (Lipinski definition) is 6. The van der Waals surface area contributed by atoms with Crippen LogP contribution in [0, 0.1) is 12.8 Å². The van der Waals surface area contributed by atoms with Gasteiger partial charge in [0.05, 0.1) is 17.7 Å². The van der Waals surface area contributed by atoms with Gasteiger partial charge >= 0.3 is 5.97 Å². The number of esters is 1. The maximum Gasteiger partial charge on any atom is 0.348 e. The van der Waals surface area contributed by atoms with E-state index in [1.807, 2.05) is 45.0 Å². The Morgan fingerprint density at radius 1 is 1.32 bits per heavy atom. The van der Waals surface area contributed by atoms with Gasteiger partial charge in [0, 0.05) is 4.47 Å². The Labute approximate surface area is 158 Å². The number of carbonyl (C=O) groups excluding carboxylic acids is 1. The minimum atomic E-state index is -0.305. The summed E-state index contributed by atoms with van der Waals surface area (Å²) in [5, 5.41) is 4.16. The maximum absolute atomic E-state index is 12.4. The molecule has 2 aromatic heterocycles. The number of para-hydroxylation sites is 1. The number of halogens is 1. The van der Waals surface area contributed by atoms with Crippen LogP contribution in [0.25, 0.3) is 10.2 Å². The minimum absolute atomic E-state index is 0.297. The number of anilines is 2. The summed E-state index contributed by atoms with van der Waals surface area (Å²) in [4.78, 5) is 22.4. The molecule has 1 N–H and O–H groups in total. The van der Waals surface area contributed by atoms with E-state index in [0.29, 0.717) is 23.2 Å². The first-order valence-electron chi connectivity index (χ1n) is 7.90. The fourth-order valence-corrected chi connectivity index (χ4v) is 3.79. The highest BCUT2D eigenvalue weighted by atomic mass is 79.9. The third-order valence-electron chi connectivity index (χ3n) is 3.59. The first-order valence-corrected chi connectivity index (χ1v) is 9.51. The number of ether oxygens (including phenoxy) is 1. The second-order valence-electron chi connectivity index (χ2n) is 6.06. The lowest BCUT2D eigenvalue weighted by molar-refractivity contribution is 0.0464. The number of thiophene rings is 1. The van der Waals surface area contributed by atoms with Crippen LogP contribution in [0.2, 0.25) is 0 Å². The topological polar surface area (TPSA) is 64.1 Å². The van der Waals surface area contributed by atoms with E-state index in [2.05, 4.69) is 31.2 Å². The molecule has 3 rings (SSSR count). The number of benzene rings is 1. The molecule has 0 aliphatic carbocycles. The first kappa shape index (κ1) is 17.8. The van der Waals surface area contributed by atoms with Gasteiger partial charge in [-0.2, -0.15) is 0 Å². The van der Waals surface area contributed by atoms with Gasteiger partial charge in [-0.3, -0.25) is 0 Å². The summed E-state index contributed by atoms with van der Waals surface area (Å²) in [6.45, 7) is 6.33. The summed E-state index contributed by atoms with van der Waals surface area (Å²) >= 11 is 4.86. The molecule has 0 atom stereocenters. The standard InChI is InChI=1S/C18H18BrN3O2S/c1-10(2)8-24-18(23)15-11(3)14-16(20-9-21-17(14)25-15)22-13-7-5-4-6-12(13)19/h4-7,9-10H,8H2,1-3H3,(H,20,21,22). The molecule has 0 saturated heterocycles. The molecule has 0 spiro atoms. The lowest BCUT2D eigenvalue weighted by Gasteiger charge is -2.09. The van der Waals surface area contributed by atoms with Crippen LogP contribution >= 0.6 is 27.3 Å².